The first-order chi connectivity index (χ1) is 8.20. The summed E-state index contributed by atoms with van der Waals surface area (Å²) in [6.45, 7) is 0. The molecule has 4 heteroatoms. The second-order valence-electron chi connectivity index (χ2n) is 4.32. The molecule has 2 rings (SSSR count). The summed E-state index contributed by atoms with van der Waals surface area (Å²) in [5.41, 5.74) is 0.581. The highest BCUT2D eigenvalue weighted by Crippen LogP contribution is 2.32. The van der Waals surface area contributed by atoms with Crippen LogP contribution in [0.5, 0.6) is 5.75 Å². The standard InChI is InChI=1S/C13H14N2O2/c14-8-11(9-5-6-9)15-13(17)7-10-3-1-2-4-12(10)16/h1-4,9,11,16H,5-7H2,(H,15,17). The summed E-state index contributed by atoms with van der Waals surface area (Å²) < 4.78 is 0. The number of benzene rings is 1. The Morgan fingerprint density at radius 1 is 1.53 bits per heavy atom. The summed E-state index contributed by atoms with van der Waals surface area (Å²) in [6.07, 6.45) is 2.13. The predicted molar refractivity (Wildman–Crippen MR) is 62.1 cm³/mol. The predicted octanol–water partition coefficient (Wildman–Crippen LogP) is 1.35. The van der Waals surface area contributed by atoms with Gasteiger partial charge in [-0.2, -0.15) is 5.26 Å². The molecule has 1 unspecified atom stereocenters. The monoisotopic (exact) mass is 230 g/mol. The summed E-state index contributed by atoms with van der Waals surface area (Å²) in [5.74, 6) is 0.209. The van der Waals surface area contributed by atoms with Crippen molar-refractivity contribution in [3.63, 3.8) is 0 Å². The third-order valence-corrected chi connectivity index (χ3v) is 2.89. The fraction of sp³-hybridized carbons (Fsp3) is 0.385. The maximum Gasteiger partial charge on any atom is 0.225 e. The fourth-order valence-corrected chi connectivity index (χ4v) is 1.74. The van der Waals surface area contributed by atoms with Crippen LogP contribution in [-0.4, -0.2) is 17.1 Å². The molecule has 0 radical (unpaired) electrons. The van der Waals surface area contributed by atoms with E-state index in [9.17, 15) is 9.90 Å². The van der Waals surface area contributed by atoms with Gasteiger partial charge in [0.15, 0.2) is 0 Å². The van der Waals surface area contributed by atoms with E-state index >= 15 is 0 Å². The summed E-state index contributed by atoms with van der Waals surface area (Å²) in [7, 11) is 0. The molecule has 17 heavy (non-hydrogen) atoms. The van der Waals surface area contributed by atoms with Gasteiger partial charge in [-0.05, 0) is 24.8 Å². The minimum absolute atomic E-state index is 0.109. The van der Waals surface area contributed by atoms with E-state index < -0.39 is 0 Å². The van der Waals surface area contributed by atoms with Crippen LogP contribution in [0.15, 0.2) is 24.3 Å². The number of hydrogen-bond donors (Lipinski definition) is 2. The molecule has 1 amide bonds. The molecule has 1 aliphatic rings. The van der Waals surface area contributed by atoms with E-state index in [1.807, 2.05) is 0 Å². The lowest BCUT2D eigenvalue weighted by atomic mass is 10.1. The Morgan fingerprint density at radius 2 is 2.24 bits per heavy atom. The number of nitrogens with zero attached hydrogens (tertiary/aromatic N) is 1. The first-order valence-corrected chi connectivity index (χ1v) is 5.66. The molecule has 0 aromatic heterocycles. The number of amides is 1. The van der Waals surface area contributed by atoms with Gasteiger partial charge >= 0.3 is 0 Å². The highest BCUT2D eigenvalue weighted by Gasteiger charge is 2.32. The second-order valence-corrected chi connectivity index (χ2v) is 4.32. The van der Waals surface area contributed by atoms with Gasteiger partial charge in [0, 0.05) is 5.56 Å². The van der Waals surface area contributed by atoms with Gasteiger partial charge in [-0.15, -0.1) is 0 Å². The van der Waals surface area contributed by atoms with Crippen molar-refractivity contribution in [1.82, 2.24) is 5.32 Å². The SMILES string of the molecule is N#CC(NC(=O)Cc1ccccc1O)C1CC1. The summed E-state index contributed by atoms with van der Waals surface area (Å²) in [6, 6.07) is 8.44. The van der Waals surface area contributed by atoms with Crippen LogP contribution in [0.3, 0.4) is 0 Å². The molecule has 1 saturated carbocycles. The van der Waals surface area contributed by atoms with Crippen LogP contribution in [0, 0.1) is 17.2 Å². The molecule has 88 valence electrons. The molecule has 1 aromatic carbocycles. The summed E-state index contributed by atoms with van der Waals surface area (Å²) in [5, 5.41) is 21.1. The number of phenolic OH excluding ortho intramolecular Hbond substituents is 1. The largest absolute Gasteiger partial charge is 0.508 e. The third kappa shape index (κ3) is 2.97. The van der Waals surface area contributed by atoms with Crippen molar-refractivity contribution < 1.29 is 9.90 Å². The van der Waals surface area contributed by atoms with Gasteiger partial charge in [0.05, 0.1) is 12.5 Å². The number of nitriles is 1. The number of nitrogens with one attached hydrogen (secondary N) is 1. The lowest BCUT2D eigenvalue weighted by molar-refractivity contribution is -0.120. The van der Waals surface area contributed by atoms with Crippen LogP contribution >= 0.6 is 0 Å². The molecule has 0 heterocycles. The zero-order chi connectivity index (χ0) is 12.3. The highest BCUT2D eigenvalue weighted by atomic mass is 16.3. The molecule has 1 atom stereocenters. The normalized spacial score (nSPS) is 15.9. The van der Waals surface area contributed by atoms with Crippen molar-refractivity contribution in [3.05, 3.63) is 29.8 Å². The van der Waals surface area contributed by atoms with Crippen molar-refractivity contribution >= 4 is 5.91 Å². The number of phenols is 1. The zero-order valence-electron chi connectivity index (χ0n) is 9.39. The molecule has 0 saturated heterocycles. The molecule has 0 aliphatic heterocycles. The van der Waals surface area contributed by atoms with Crippen LogP contribution in [0.4, 0.5) is 0 Å². The molecule has 1 aromatic rings. The van der Waals surface area contributed by atoms with Crippen molar-refractivity contribution in [3.8, 4) is 11.8 Å². The Morgan fingerprint density at radius 3 is 2.82 bits per heavy atom. The molecule has 1 fully saturated rings. The lowest BCUT2D eigenvalue weighted by Gasteiger charge is -2.10. The Balaban J connectivity index is 1.93. The third-order valence-electron chi connectivity index (χ3n) is 2.89. The first kappa shape index (κ1) is 11.5. The lowest BCUT2D eigenvalue weighted by Crippen LogP contribution is -2.36. The molecule has 4 nitrogen and oxygen atoms in total. The number of para-hydroxylation sites is 1. The van der Waals surface area contributed by atoms with Gasteiger partial charge in [-0.1, -0.05) is 18.2 Å². The Hall–Kier alpha value is -2.02. The minimum atomic E-state index is -0.381. The maximum atomic E-state index is 11.7. The number of hydrogen-bond acceptors (Lipinski definition) is 3. The molecule has 1 aliphatic carbocycles. The van der Waals surface area contributed by atoms with Gasteiger partial charge in [-0.3, -0.25) is 4.79 Å². The van der Waals surface area contributed by atoms with E-state index in [0.29, 0.717) is 11.5 Å². The van der Waals surface area contributed by atoms with Gasteiger partial charge in [0.1, 0.15) is 11.8 Å². The van der Waals surface area contributed by atoms with E-state index in [2.05, 4.69) is 11.4 Å². The van der Waals surface area contributed by atoms with Crippen LogP contribution in [0.1, 0.15) is 18.4 Å². The fourth-order valence-electron chi connectivity index (χ4n) is 1.74. The number of aromatic hydroxyl groups is 1. The van der Waals surface area contributed by atoms with E-state index in [-0.39, 0.29) is 24.1 Å². The first-order valence-electron chi connectivity index (χ1n) is 5.66. The van der Waals surface area contributed by atoms with Crippen molar-refractivity contribution in [1.29, 1.82) is 5.26 Å². The number of carbonyl (C=O) groups is 1. The second kappa shape index (κ2) is 4.88. The van der Waals surface area contributed by atoms with Crippen LogP contribution in [-0.2, 0) is 11.2 Å². The van der Waals surface area contributed by atoms with Crippen LogP contribution in [0.25, 0.3) is 0 Å². The summed E-state index contributed by atoms with van der Waals surface area (Å²) >= 11 is 0. The topological polar surface area (TPSA) is 73.1 Å². The number of rotatable bonds is 4. The molecule has 0 spiro atoms. The van der Waals surface area contributed by atoms with Crippen LogP contribution < -0.4 is 5.32 Å². The van der Waals surface area contributed by atoms with E-state index in [1.54, 1.807) is 24.3 Å². The average molecular weight is 230 g/mol. The van der Waals surface area contributed by atoms with Crippen molar-refractivity contribution in [2.45, 2.75) is 25.3 Å². The maximum absolute atomic E-state index is 11.7. The van der Waals surface area contributed by atoms with Gasteiger partial charge in [0.25, 0.3) is 0 Å². The van der Waals surface area contributed by atoms with Gasteiger partial charge in [0.2, 0.25) is 5.91 Å². The average Bonchev–Trinajstić information content (AvgIpc) is 3.13. The van der Waals surface area contributed by atoms with Gasteiger partial charge in [-0.25, -0.2) is 0 Å². The minimum Gasteiger partial charge on any atom is -0.508 e. The van der Waals surface area contributed by atoms with Gasteiger partial charge < -0.3 is 10.4 Å². The smallest absolute Gasteiger partial charge is 0.225 e. The quantitative estimate of drug-likeness (QED) is 0.820. The molecule has 2 N–H and O–H groups in total. The van der Waals surface area contributed by atoms with Crippen molar-refractivity contribution in [2.75, 3.05) is 0 Å². The highest BCUT2D eigenvalue weighted by molar-refractivity contribution is 5.79. The molecular weight excluding hydrogens is 216 g/mol. The number of carbonyl (C=O) groups excluding carboxylic acids is 1. The Labute approximate surface area is 99.9 Å². The molecule has 0 bridgehead atoms. The van der Waals surface area contributed by atoms with Crippen molar-refractivity contribution in [2.24, 2.45) is 5.92 Å². The molecular formula is C13H14N2O2. The zero-order valence-corrected chi connectivity index (χ0v) is 9.39. The summed E-state index contributed by atoms with van der Waals surface area (Å²) in [4.78, 5) is 11.7. The van der Waals surface area contributed by atoms with Crippen LogP contribution in [0.2, 0.25) is 0 Å². The Bertz CT molecular complexity index is 461. The van der Waals surface area contributed by atoms with E-state index in [0.717, 1.165) is 12.8 Å². The van der Waals surface area contributed by atoms with E-state index in [1.165, 1.54) is 0 Å². The van der Waals surface area contributed by atoms with E-state index in [4.69, 9.17) is 5.26 Å². The Kier molecular flexibility index (Phi) is 3.29.